The zero-order chi connectivity index (χ0) is 14.8. The van der Waals surface area contributed by atoms with Crippen LogP contribution < -0.4 is 5.32 Å². The topological polar surface area (TPSA) is 37.8 Å². The van der Waals surface area contributed by atoms with Crippen molar-refractivity contribution in [3.8, 4) is 11.1 Å². The molecule has 106 valence electrons. The Kier molecular flexibility index (Phi) is 2.32. The summed E-state index contributed by atoms with van der Waals surface area (Å²) in [5.74, 6) is 0.275. The first-order valence-electron chi connectivity index (χ1n) is 6.64. The summed E-state index contributed by atoms with van der Waals surface area (Å²) in [6, 6.07) is 8.85. The lowest BCUT2D eigenvalue weighted by molar-refractivity contribution is 0.628. The lowest BCUT2D eigenvalue weighted by Gasteiger charge is -2.06. The Hall–Kier alpha value is -2.24. The van der Waals surface area contributed by atoms with Gasteiger partial charge in [-0.15, -0.1) is 11.3 Å². The van der Waals surface area contributed by atoms with Gasteiger partial charge in [0.25, 0.3) is 0 Å². The van der Waals surface area contributed by atoms with Crippen LogP contribution in [0, 0.1) is 5.82 Å². The van der Waals surface area contributed by atoms with E-state index in [-0.39, 0.29) is 5.02 Å². The molecule has 3 nitrogen and oxygen atoms in total. The van der Waals surface area contributed by atoms with E-state index in [2.05, 4.69) is 27.4 Å². The number of aromatic nitrogens is 2. The molecule has 5 rings (SSSR count). The molecule has 3 aromatic rings. The van der Waals surface area contributed by atoms with Gasteiger partial charge in [-0.3, -0.25) is 0 Å². The van der Waals surface area contributed by atoms with Crippen molar-refractivity contribution in [2.45, 2.75) is 0 Å². The van der Waals surface area contributed by atoms with Crippen molar-refractivity contribution in [3.63, 3.8) is 0 Å². The third kappa shape index (κ3) is 1.66. The van der Waals surface area contributed by atoms with Crippen LogP contribution in [-0.4, -0.2) is 9.97 Å². The molecule has 1 aromatic carbocycles. The summed E-state index contributed by atoms with van der Waals surface area (Å²) < 4.78 is 15.5. The molecule has 0 spiro atoms. The maximum Gasteiger partial charge on any atom is 0.151 e. The standard InChI is InChI=1S/C16H7ClFN3S/c17-10-5-8(1-2-11(10)18)21-16-15-14(19-6-20-16)13-9-3-7(9)4-12(13)22-15/h1-6H,(H,19,20,21). The van der Waals surface area contributed by atoms with Crippen LogP contribution in [-0.2, 0) is 0 Å². The Morgan fingerprint density at radius 2 is 2.05 bits per heavy atom. The van der Waals surface area contributed by atoms with Gasteiger partial charge in [0, 0.05) is 15.8 Å². The average molecular weight is 328 g/mol. The number of hydrogen-bond acceptors (Lipinski definition) is 4. The van der Waals surface area contributed by atoms with Crippen LogP contribution in [0.1, 0.15) is 0 Å². The lowest BCUT2D eigenvalue weighted by Crippen LogP contribution is -1.94. The Morgan fingerprint density at radius 1 is 1.14 bits per heavy atom. The number of anilines is 2. The van der Waals surface area contributed by atoms with Gasteiger partial charge in [0.15, 0.2) is 5.82 Å². The van der Waals surface area contributed by atoms with E-state index >= 15 is 0 Å². The first-order valence-corrected chi connectivity index (χ1v) is 7.84. The van der Waals surface area contributed by atoms with Gasteiger partial charge in [0.05, 0.1) is 15.2 Å². The van der Waals surface area contributed by atoms with Gasteiger partial charge in [-0.2, -0.15) is 0 Å². The van der Waals surface area contributed by atoms with Gasteiger partial charge in [-0.1, -0.05) is 11.6 Å². The molecule has 0 fully saturated rings. The molecule has 0 aliphatic heterocycles. The third-order valence-electron chi connectivity index (χ3n) is 3.76. The number of rotatable bonds is 2. The summed E-state index contributed by atoms with van der Waals surface area (Å²) in [4.78, 5) is 8.74. The highest BCUT2D eigenvalue weighted by atomic mass is 35.5. The van der Waals surface area contributed by atoms with Gasteiger partial charge >= 0.3 is 0 Å². The quantitative estimate of drug-likeness (QED) is 0.474. The van der Waals surface area contributed by atoms with E-state index in [4.69, 9.17) is 11.6 Å². The second-order valence-corrected chi connectivity index (χ2v) is 6.61. The van der Waals surface area contributed by atoms with E-state index in [9.17, 15) is 4.39 Å². The molecule has 0 saturated heterocycles. The van der Waals surface area contributed by atoms with Crippen LogP contribution in [0.5, 0.6) is 0 Å². The van der Waals surface area contributed by atoms with Crippen LogP contribution in [0.2, 0.25) is 5.02 Å². The molecule has 0 bridgehead atoms. The highest BCUT2D eigenvalue weighted by Gasteiger charge is 2.23. The first kappa shape index (κ1) is 12.3. The molecular weight excluding hydrogens is 321 g/mol. The Balaban J connectivity index is 1.67. The molecule has 2 aliphatic rings. The maximum absolute atomic E-state index is 13.3. The summed E-state index contributed by atoms with van der Waals surface area (Å²) in [5, 5.41) is 4.49. The van der Waals surface area contributed by atoms with Crippen molar-refractivity contribution in [2.75, 3.05) is 5.32 Å². The minimum absolute atomic E-state index is 0.0830. The van der Waals surface area contributed by atoms with Gasteiger partial charge in [-0.05, 0) is 41.5 Å². The first-order chi connectivity index (χ1) is 10.7. The molecule has 2 heterocycles. The summed E-state index contributed by atoms with van der Waals surface area (Å²) in [6.45, 7) is 0. The molecule has 2 aliphatic carbocycles. The van der Waals surface area contributed by atoms with Gasteiger partial charge in [0.1, 0.15) is 12.1 Å². The van der Waals surface area contributed by atoms with Crippen LogP contribution >= 0.6 is 22.9 Å². The highest BCUT2D eigenvalue weighted by Crippen LogP contribution is 2.50. The monoisotopic (exact) mass is 327 g/mol. The minimum Gasteiger partial charge on any atom is -0.339 e. The molecule has 0 amide bonds. The number of nitrogens with zero attached hydrogens (tertiary/aromatic N) is 2. The number of benzene rings is 2. The third-order valence-corrected chi connectivity index (χ3v) is 5.19. The van der Waals surface area contributed by atoms with Crippen LogP contribution in [0.4, 0.5) is 15.9 Å². The molecule has 6 heteroatoms. The van der Waals surface area contributed by atoms with E-state index in [1.165, 1.54) is 27.3 Å². The van der Waals surface area contributed by atoms with Crippen molar-refractivity contribution >= 4 is 54.7 Å². The predicted octanol–water partition coefficient (Wildman–Crippen LogP) is 5.36. The van der Waals surface area contributed by atoms with Crippen molar-refractivity contribution in [1.29, 1.82) is 0 Å². The fourth-order valence-corrected chi connectivity index (χ4v) is 4.03. The number of hydrogen-bond donors (Lipinski definition) is 1. The van der Waals surface area contributed by atoms with Crippen molar-refractivity contribution in [2.24, 2.45) is 0 Å². The summed E-state index contributed by atoms with van der Waals surface area (Å²) in [6.07, 6.45) is 1.55. The van der Waals surface area contributed by atoms with Gasteiger partial charge in [0.2, 0.25) is 0 Å². The average Bonchev–Trinajstić information content (AvgIpc) is 3.01. The molecule has 0 unspecified atom stereocenters. The largest absolute Gasteiger partial charge is 0.339 e. The number of fused-ring (bicyclic) bond motifs is 5. The Labute approximate surface area is 133 Å². The highest BCUT2D eigenvalue weighted by molar-refractivity contribution is 7.26. The zero-order valence-electron chi connectivity index (χ0n) is 11.0. The van der Waals surface area contributed by atoms with Crippen molar-refractivity contribution < 1.29 is 4.39 Å². The van der Waals surface area contributed by atoms with E-state index in [1.54, 1.807) is 29.8 Å². The molecule has 2 aromatic heterocycles. The maximum atomic E-state index is 13.3. The number of halogens is 2. The number of nitrogens with one attached hydrogen (secondary N) is 1. The van der Waals surface area contributed by atoms with Crippen LogP contribution in [0.25, 0.3) is 31.4 Å². The fourth-order valence-electron chi connectivity index (χ4n) is 2.68. The van der Waals surface area contributed by atoms with Crippen LogP contribution in [0.3, 0.4) is 0 Å². The van der Waals surface area contributed by atoms with Crippen molar-refractivity contribution in [3.05, 3.63) is 47.5 Å². The lowest BCUT2D eigenvalue weighted by atomic mass is 10.3. The van der Waals surface area contributed by atoms with Crippen LogP contribution in [0.15, 0.2) is 36.7 Å². The van der Waals surface area contributed by atoms with Gasteiger partial charge < -0.3 is 5.32 Å². The molecule has 0 atom stereocenters. The summed E-state index contributed by atoms with van der Waals surface area (Å²) >= 11 is 7.49. The Bertz CT molecular complexity index is 1090. The fraction of sp³-hybridized carbons (Fsp3) is 0. The molecule has 0 radical (unpaired) electrons. The molecule has 22 heavy (non-hydrogen) atoms. The second-order valence-electron chi connectivity index (χ2n) is 5.15. The summed E-state index contributed by atoms with van der Waals surface area (Å²) in [7, 11) is 0. The molecule has 0 saturated carbocycles. The normalized spacial score (nSPS) is 12.1. The molecular formula is C16H7ClFN3S. The Morgan fingerprint density at radius 3 is 2.91 bits per heavy atom. The molecule has 1 N–H and O–H groups in total. The minimum atomic E-state index is -0.437. The van der Waals surface area contributed by atoms with E-state index in [0.717, 1.165) is 10.2 Å². The van der Waals surface area contributed by atoms with E-state index < -0.39 is 5.82 Å². The second kappa shape index (κ2) is 4.15. The number of thiophene rings is 1. The van der Waals surface area contributed by atoms with E-state index in [0.29, 0.717) is 11.5 Å². The SMILES string of the molecule is Fc1ccc(Nc2ncnc3c2sc2cc4cc-4c23)cc1Cl. The predicted molar refractivity (Wildman–Crippen MR) is 88.6 cm³/mol. The smallest absolute Gasteiger partial charge is 0.151 e. The van der Waals surface area contributed by atoms with E-state index in [1.807, 2.05) is 0 Å². The summed E-state index contributed by atoms with van der Waals surface area (Å²) in [5.41, 5.74) is 4.25. The van der Waals surface area contributed by atoms with Gasteiger partial charge in [-0.25, -0.2) is 14.4 Å². The zero-order valence-corrected chi connectivity index (χ0v) is 12.6. The van der Waals surface area contributed by atoms with Crippen molar-refractivity contribution in [1.82, 2.24) is 9.97 Å².